The Morgan fingerprint density at radius 2 is 1.71 bits per heavy atom. The molecule has 0 aliphatic heterocycles. The van der Waals surface area contributed by atoms with Crippen molar-refractivity contribution >= 4 is 44.8 Å². The van der Waals surface area contributed by atoms with E-state index in [1.807, 2.05) is 12.1 Å². The fourth-order valence-corrected chi connectivity index (χ4v) is 3.47. The van der Waals surface area contributed by atoms with E-state index in [0.29, 0.717) is 34.7 Å². The highest BCUT2D eigenvalue weighted by Gasteiger charge is 2.11. The van der Waals surface area contributed by atoms with Crippen LogP contribution in [-0.2, 0) is 13.2 Å². The first-order chi connectivity index (χ1) is 13.5. The van der Waals surface area contributed by atoms with E-state index in [0.717, 1.165) is 21.3 Å². The minimum absolute atomic E-state index is 0.471. The van der Waals surface area contributed by atoms with Crippen molar-refractivity contribution in [3.05, 3.63) is 85.8 Å². The van der Waals surface area contributed by atoms with Gasteiger partial charge in [0.05, 0.1) is 17.8 Å². The summed E-state index contributed by atoms with van der Waals surface area (Å²) in [5.41, 5.74) is 4.11. The molecule has 3 aromatic rings. The summed E-state index contributed by atoms with van der Waals surface area (Å²) in [5.74, 6) is 1.35. The molecule has 0 saturated heterocycles. The van der Waals surface area contributed by atoms with Gasteiger partial charge in [-0.25, -0.2) is 0 Å². The lowest BCUT2D eigenvalue weighted by Crippen LogP contribution is -2.03. The number of methoxy groups -OCH3 is 1. The first kappa shape index (κ1) is 20.8. The van der Waals surface area contributed by atoms with Gasteiger partial charge in [0.15, 0.2) is 11.5 Å². The highest BCUT2D eigenvalue weighted by atomic mass is 79.9. The third kappa shape index (κ3) is 5.34. The second-order valence-corrected chi connectivity index (χ2v) is 8.04. The number of nitrogens with one attached hydrogen (secondary N) is 1. The molecule has 0 unspecified atom stereocenters. The maximum absolute atomic E-state index is 6.22. The molecule has 28 heavy (non-hydrogen) atoms. The standard InChI is InChI=1S/C22H20BrCl2NO2/c1-14-3-5-15(6-4-14)13-28-22-11-18(23)16(9-21(22)27-2)12-26-20-10-17(24)7-8-19(20)25/h3-11,26H,12-13H2,1-2H3. The van der Waals surface area contributed by atoms with Gasteiger partial charge in [0.25, 0.3) is 0 Å². The molecule has 0 fully saturated rings. The number of halogens is 3. The highest BCUT2D eigenvalue weighted by molar-refractivity contribution is 9.10. The largest absolute Gasteiger partial charge is 0.493 e. The van der Waals surface area contributed by atoms with Crippen molar-refractivity contribution in [2.45, 2.75) is 20.1 Å². The predicted octanol–water partition coefficient (Wildman–Crippen LogP) is 7.26. The molecule has 1 N–H and O–H groups in total. The monoisotopic (exact) mass is 479 g/mol. The number of anilines is 1. The lowest BCUT2D eigenvalue weighted by molar-refractivity contribution is 0.284. The summed E-state index contributed by atoms with van der Waals surface area (Å²) >= 11 is 15.9. The number of benzene rings is 3. The molecule has 0 atom stereocenters. The van der Waals surface area contributed by atoms with Crippen LogP contribution in [-0.4, -0.2) is 7.11 Å². The molecular weight excluding hydrogens is 461 g/mol. The number of hydrogen-bond donors (Lipinski definition) is 1. The van der Waals surface area contributed by atoms with Crippen LogP contribution >= 0.6 is 39.1 Å². The second-order valence-electron chi connectivity index (χ2n) is 6.35. The minimum Gasteiger partial charge on any atom is -0.493 e. The van der Waals surface area contributed by atoms with Crippen LogP contribution in [0.5, 0.6) is 11.5 Å². The first-order valence-corrected chi connectivity index (χ1v) is 10.2. The molecule has 3 nitrogen and oxygen atoms in total. The van der Waals surface area contributed by atoms with Gasteiger partial charge in [0.1, 0.15) is 6.61 Å². The number of ether oxygens (including phenoxy) is 2. The zero-order valence-corrected chi connectivity index (χ0v) is 18.7. The van der Waals surface area contributed by atoms with E-state index in [1.165, 1.54) is 5.56 Å². The fourth-order valence-electron chi connectivity index (χ4n) is 2.65. The first-order valence-electron chi connectivity index (χ1n) is 8.70. The zero-order chi connectivity index (χ0) is 20.1. The van der Waals surface area contributed by atoms with Gasteiger partial charge in [0, 0.05) is 16.0 Å². The molecule has 0 amide bonds. The molecule has 0 aliphatic carbocycles. The second kappa shape index (κ2) is 9.55. The zero-order valence-electron chi connectivity index (χ0n) is 15.6. The molecule has 0 heterocycles. The van der Waals surface area contributed by atoms with Crippen LogP contribution < -0.4 is 14.8 Å². The van der Waals surface area contributed by atoms with E-state index in [-0.39, 0.29) is 0 Å². The maximum atomic E-state index is 6.22. The van der Waals surface area contributed by atoms with Gasteiger partial charge in [-0.3, -0.25) is 0 Å². The molecule has 0 radical (unpaired) electrons. The van der Waals surface area contributed by atoms with Crippen molar-refractivity contribution in [1.82, 2.24) is 0 Å². The number of hydrogen-bond acceptors (Lipinski definition) is 3. The van der Waals surface area contributed by atoms with E-state index >= 15 is 0 Å². The lowest BCUT2D eigenvalue weighted by Gasteiger charge is -2.15. The van der Waals surface area contributed by atoms with E-state index in [9.17, 15) is 0 Å². The van der Waals surface area contributed by atoms with E-state index in [1.54, 1.807) is 25.3 Å². The van der Waals surface area contributed by atoms with Gasteiger partial charge >= 0.3 is 0 Å². The molecular formula is C22H20BrCl2NO2. The third-order valence-corrected chi connectivity index (χ3v) is 5.55. The highest BCUT2D eigenvalue weighted by Crippen LogP contribution is 2.35. The van der Waals surface area contributed by atoms with Crippen LogP contribution in [0.25, 0.3) is 0 Å². The van der Waals surface area contributed by atoms with Crippen LogP contribution in [0, 0.1) is 6.92 Å². The lowest BCUT2D eigenvalue weighted by atomic mass is 10.1. The maximum Gasteiger partial charge on any atom is 0.162 e. The van der Waals surface area contributed by atoms with E-state index in [2.05, 4.69) is 52.4 Å². The Bertz CT molecular complexity index is 961. The van der Waals surface area contributed by atoms with Gasteiger partial charge in [-0.05, 0) is 48.4 Å². The molecule has 0 spiro atoms. The Hall–Kier alpha value is -1.88. The summed E-state index contributed by atoms with van der Waals surface area (Å²) in [4.78, 5) is 0. The van der Waals surface area contributed by atoms with Gasteiger partial charge in [-0.1, -0.05) is 69.0 Å². The molecule has 0 aromatic heterocycles. The smallest absolute Gasteiger partial charge is 0.162 e. The Morgan fingerprint density at radius 1 is 0.964 bits per heavy atom. The summed E-state index contributed by atoms with van der Waals surface area (Å²) in [6.45, 7) is 3.09. The Kier molecular flexibility index (Phi) is 7.11. The molecule has 3 rings (SSSR count). The molecule has 0 aliphatic rings. The SMILES string of the molecule is COc1cc(CNc2cc(Cl)ccc2Cl)c(Br)cc1OCc1ccc(C)cc1. The van der Waals surface area contributed by atoms with E-state index < -0.39 is 0 Å². The number of rotatable bonds is 7. The third-order valence-electron chi connectivity index (χ3n) is 4.25. The van der Waals surface area contributed by atoms with Crippen LogP contribution in [0.4, 0.5) is 5.69 Å². The summed E-state index contributed by atoms with van der Waals surface area (Å²) in [6, 6.07) is 17.5. The van der Waals surface area contributed by atoms with Gasteiger partial charge in [0.2, 0.25) is 0 Å². The fraction of sp³-hybridized carbons (Fsp3) is 0.182. The van der Waals surface area contributed by atoms with Crippen molar-refractivity contribution in [2.75, 3.05) is 12.4 Å². The Labute approximate surface area is 183 Å². The summed E-state index contributed by atoms with van der Waals surface area (Å²) in [5, 5.41) is 4.55. The molecule has 0 bridgehead atoms. The van der Waals surface area contributed by atoms with E-state index in [4.69, 9.17) is 32.7 Å². The van der Waals surface area contributed by atoms with Gasteiger partial charge in [-0.2, -0.15) is 0 Å². The quantitative estimate of drug-likeness (QED) is 0.385. The summed E-state index contributed by atoms with van der Waals surface area (Å²) in [7, 11) is 1.63. The minimum atomic E-state index is 0.471. The Morgan fingerprint density at radius 3 is 2.43 bits per heavy atom. The predicted molar refractivity (Wildman–Crippen MR) is 120 cm³/mol. The van der Waals surface area contributed by atoms with Crippen molar-refractivity contribution in [3.63, 3.8) is 0 Å². The van der Waals surface area contributed by atoms with Crippen LogP contribution in [0.1, 0.15) is 16.7 Å². The normalized spacial score (nSPS) is 10.6. The Balaban J connectivity index is 1.73. The van der Waals surface area contributed by atoms with Crippen LogP contribution in [0.2, 0.25) is 10.0 Å². The molecule has 6 heteroatoms. The van der Waals surface area contributed by atoms with Crippen LogP contribution in [0.15, 0.2) is 59.1 Å². The van der Waals surface area contributed by atoms with Gasteiger partial charge in [-0.15, -0.1) is 0 Å². The topological polar surface area (TPSA) is 30.5 Å². The average Bonchev–Trinajstić information content (AvgIpc) is 2.69. The van der Waals surface area contributed by atoms with Crippen molar-refractivity contribution < 1.29 is 9.47 Å². The van der Waals surface area contributed by atoms with Gasteiger partial charge < -0.3 is 14.8 Å². The number of aryl methyl sites for hydroxylation is 1. The van der Waals surface area contributed by atoms with Crippen molar-refractivity contribution in [1.29, 1.82) is 0 Å². The molecule has 0 saturated carbocycles. The average molecular weight is 481 g/mol. The summed E-state index contributed by atoms with van der Waals surface area (Å²) < 4.78 is 12.4. The van der Waals surface area contributed by atoms with Crippen molar-refractivity contribution in [2.24, 2.45) is 0 Å². The molecule has 146 valence electrons. The van der Waals surface area contributed by atoms with Crippen molar-refractivity contribution in [3.8, 4) is 11.5 Å². The summed E-state index contributed by atoms with van der Waals surface area (Å²) in [6.07, 6.45) is 0. The molecule has 3 aromatic carbocycles. The van der Waals surface area contributed by atoms with Crippen LogP contribution in [0.3, 0.4) is 0 Å².